The van der Waals surface area contributed by atoms with Gasteiger partial charge in [0.1, 0.15) is 11.6 Å². The number of benzene rings is 3. The molecule has 0 saturated heterocycles. The van der Waals surface area contributed by atoms with Gasteiger partial charge in [-0.15, -0.1) is 0 Å². The summed E-state index contributed by atoms with van der Waals surface area (Å²) in [5.41, 5.74) is 9.02. The van der Waals surface area contributed by atoms with Gasteiger partial charge in [-0.2, -0.15) is 0 Å². The van der Waals surface area contributed by atoms with Gasteiger partial charge in [-0.25, -0.2) is 4.98 Å². The Morgan fingerprint density at radius 2 is 1.80 bits per heavy atom. The van der Waals surface area contributed by atoms with E-state index in [4.69, 9.17) is 9.72 Å². The predicted octanol–water partition coefficient (Wildman–Crippen LogP) is 9.42. The third-order valence-corrected chi connectivity index (χ3v) is 7.65. The fourth-order valence-corrected chi connectivity index (χ4v) is 5.58. The van der Waals surface area contributed by atoms with Gasteiger partial charge in [0.15, 0.2) is 0 Å². The van der Waals surface area contributed by atoms with Crippen LogP contribution in [0.5, 0.6) is 5.75 Å². The molecule has 0 aliphatic heterocycles. The topological polar surface area (TPSA) is 54.4 Å². The van der Waals surface area contributed by atoms with Crippen LogP contribution in [0.4, 0.5) is 5.82 Å². The minimum atomic E-state index is 0.150. The van der Waals surface area contributed by atoms with E-state index in [9.17, 15) is 5.11 Å². The van der Waals surface area contributed by atoms with Gasteiger partial charge in [-0.3, -0.25) is 0 Å². The molecule has 40 heavy (non-hydrogen) atoms. The second kappa shape index (κ2) is 12.4. The molecule has 1 aromatic heterocycles. The van der Waals surface area contributed by atoms with Gasteiger partial charge in [0.25, 0.3) is 0 Å². The number of pyridine rings is 1. The van der Waals surface area contributed by atoms with E-state index in [1.165, 1.54) is 16.5 Å². The largest absolute Gasteiger partial charge is 0.513 e. The van der Waals surface area contributed by atoms with Crippen molar-refractivity contribution in [1.29, 1.82) is 0 Å². The Bertz CT molecular complexity index is 1630. The third kappa shape index (κ3) is 5.77. The minimum Gasteiger partial charge on any atom is -0.513 e. The smallest absolute Gasteiger partial charge is 0.134 e. The van der Waals surface area contributed by atoms with Crippen LogP contribution in [0.2, 0.25) is 0 Å². The minimum absolute atomic E-state index is 0.150. The van der Waals surface area contributed by atoms with Gasteiger partial charge in [0, 0.05) is 23.7 Å². The molecule has 0 spiro atoms. The van der Waals surface area contributed by atoms with Crippen molar-refractivity contribution >= 4 is 33.1 Å². The van der Waals surface area contributed by atoms with E-state index in [-0.39, 0.29) is 5.76 Å². The second-order valence-corrected chi connectivity index (χ2v) is 10.8. The molecule has 0 saturated carbocycles. The fourth-order valence-electron chi connectivity index (χ4n) is 5.58. The lowest BCUT2D eigenvalue weighted by molar-refractivity contribution is 0.401. The molecular formula is C36H42N2O2. The highest BCUT2D eigenvalue weighted by Gasteiger charge is 2.21. The van der Waals surface area contributed by atoms with Crippen molar-refractivity contribution in [2.45, 2.75) is 60.9 Å². The highest BCUT2D eigenvalue weighted by molar-refractivity contribution is 6.13. The molecule has 2 N–H and O–H groups in total. The fraction of sp³-hybridized carbons (Fsp3) is 0.306. The highest BCUT2D eigenvalue weighted by Crippen LogP contribution is 2.40. The van der Waals surface area contributed by atoms with Crippen LogP contribution in [0.15, 0.2) is 73.0 Å². The zero-order valence-electron chi connectivity index (χ0n) is 25.0. The van der Waals surface area contributed by atoms with Crippen LogP contribution in [0, 0.1) is 19.8 Å². The molecule has 4 aromatic rings. The Morgan fingerprint density at radius 3 is 2.42 bits per heavy atom. The van der Waals surface area contributed by atoms with E-state index in [1.54, 1.807) is 7.11 Å². The molecule has 0 atom stereocenters. The molecule has 0 bridgehead atoms. The van der Waals surface area contributed by atoms with Crippen LogP contribution in [0.1, 0.15) is 61.1 Å². The summed E-state index contributed by atoms with van der Waals surface area (Å²) in [4.78, 5) is 5.25. The summed E-state index contributed by atoms with van der Waals surface area (Å²) < 4.78 is 5.44. The molecule has 0 radical (unpaired) electrons. The summed E-state index contributed by atoms with van der Waals surface area (Å²) in [5.74, 6) is 2.31. The number of hydrogen-bond acceptors (Lipinski definition) is 4. The SMILES string of the molecule is C=C(O)Cc1c(C(/C=C\C(C)C)=C/C)c(C)c2c(nc(NCc3ccc(OC)cc3CC)c3ccccc32)c1C. The molecular weight excluding hydrogens is 492 g/mol. The molecule has 4 nitrogen and oxygen atoms in total. The van der Waals surface area contributed by atoms with Crippen molar-refractivity contribution in [3.8, 4) is 5.75 Å². The Labute approximate surface area is 239 Å². The van der Waals surface area contributed by atoms with E-state index in [0.717, 1.165) is 62.1 Å². The summed E-state index contributed by atoms with van der Waals surface area (Å²) in [6.45, 7) is 17.4. The van der Waals surface area contributed by atoms with Crippen molar-refractivity contribution in [3.05, 3.63) is 106 Å². The summed E-state index contributed by atoms with van der Waals surface area (Å²) in [6, 6.07) is 14.8. The molecule has 0 aliphatic carbocycles. The Hall–Kier alpha value is -4.05. The first-order valence-corrected chi connectivity index (χ1v) is 14.2. The van der Waals surface area contributed by atoms with Crippen molar-refractivity contribution in [1.82, 2.24) is 4.98 Å². The standard InChI is InChI=1S/C36H42N2O2/c1-9-26(16-15-22(3)4)33-25(7)34-30-13-11-12-14-31(30)36(38-35(34)24(6)32(33)19-23(5)39)37-21-28-17-18-29(40-8)20-27(28)10-2/h9,11-18,20,22,39H,5,10,19,21H2,1-4,6-8H3,(H,37,38)/b16-15-,26-9+. The van der Waals surface area contributed by atoms with Crippen LogP contribution in [0.3, 0.4) is 0 Å². The number of nitrogens with one attached hydrogen (secondary N) is 1. The maximum absolute atomic E-state index is 10.3. The number of aryl methyl sites for hydroxylation is 3. The van der Waals surface area contributed by atoms with E-state index in [1.807, 2.05) is 6.07 Å². The van der Waals surface area contributed by atoms with Gasteiger partial charge in [-0.1, -0.05) is 75.9 Å². The van der Waals surface area contributed by atoms with E-state index < -0.39 is 0 Å². The number of allylic oxidation sites excluding steroid dienone is 5. The van der Waals surface area contributed by atoms with Crippen LogP contribution in [0.25, 0.3) is 27.2 Å². The number of fused-ring (bicyclic) bond motifs is 3. The summed E-state index contributed by atoms with van der Waals surface area (Å²) in [5, 5.41) is 17.4. The molecule has 3 aromatic carbocycles. The van der Waals surface area contributed by atoms with Crippen LogP contribution in [-0.2, 0) is 19.4 Å². The van der Waals surface area contributed by atoms with Crippen molar-refractivity contribution in [2.75, 3.05) is 12.4 Å². The number of rotatable bonds is 10. The average Bonchev–Trinajstić information content (AvgIpc) is 2.95. The number of aliphatic hydroxyl groups is 1. The lowest BCUT2D eigenvalue weighted by Gasteiger charge is -2.22. The number of nitrogens with zero attached hydrogens (tertiary/aromatic N) is 1. The van der Waals surface area contributed by atoms with Gasteiger partial charge in [0.05, 0.1) is 18.4 Å². The Kier molecular flexibility index (Phi) is 8.99. The maximum Gasteiger partial charge on any atom is 0.134 e. The quantitative estimate of drug-likeness (QED) is 0.121. The first kappa shape index (κ1) is 28.9. The van der Waals surface area contributed by atoms with Crippen LogP contribution in [-0.4, -0.2) is 17.2 Å². The predicted molar refractivity (Wildman–Crippen MR) is 172 cm³/mol. The first-order chi connectivity index (χ1) is 19.2. The molecule has 1 heterocycles. The number of anilines is 1. The van der Waals surface area contributed by atoms with Crippen molar-refractivity contribution < 1.29 is 9.84 Å². The van der Waals surface area contributed by atoms with E-state index in [0.29, 0.717) is 18.9 Å². The molecule has 4 rings (SSSR count). The second-order valence-electron chi connectivity index (χ2n) is 10.8. The molecule has 0 unspecified atom stereocenters. The summed E-state index contributed by atoms with van der Waals surface area (Å²) in [6.07, 6.45) is 7.89. The Balaban J connectivity index is 1.96. The molecule has 208 valence electrons. The normalized spacial score (nSPS) is 12.2. The van der Waals surface area contributed by atoms with Gasteiger partial charge in [0.2, 0.25) is 0 Å². The molecule has 4 heteroatoms. The summed E-state index contributed by atoms with van der Waals surface area (Å²) in [7, 11) is 1.70. The van der Waals surface area contributed by atoms with Crippen molar-refractivity contribution in [2.24, 2.45) is 5.92 Å². The lowest BCUT2D eigenvalue weighted by Crippen LogP contribution is -2.08. The number of methoxy groups -OCH3 is 1. The molecule has 0 aliphatic rings. The zero-order chi connectivity index (χ0) is 29.0. The Morgan fingerprint density at radius 1 is 1.07 bits per heavy atom. The molecule has 0 amide bonds. The van der Waals surface area contributed by atoms with Gasteiger partial charge < -0.3 is 15.2 Å². The lowest BCUT2D eigenvalue weighted by atomic mass is 9.84. The third-order valence-electron chi connectivity index (χ3n) is 7.65. The number of aliphatic hydroxyl groups excluding tert-OH is 1. The average molecular weight is 535 g/mol. The van der Waals surface area contributed by atoms with E-state index in [2.05, 4.69) is 108 Å². The monoisotopic (exact) mass is 534 g/mol. The summed E-state index contributed by atoms with van der Waals surface area (Å²) >= 11 is 0. The van der Waals surface area contributed by atoms with Crippen LogP contribution < -0.4 is 10.1 Å². The number of hydrogen-bond donors (Lipinski definition) is 2. The van der Waals surface area contributed by atoms with Crippen molar-refractivity contribution in [3.63, 3.8) is 0 Å². The maximum atomic E-state index is 10.3. The van der Waals surface area contributed by atoms with Gasteiger partial charge in [-0.05, 0) is 89.6 Å². The number of ether oxygens (including phenoxy) is 1. The first-order valence-electron chi connectivity index (χ1n) is 14.2. The highest BCUT2D eigenvalue weighted by atomic mass is 16.5. The van der Waals surface area contributed by atoms with E-state index >= 15 is 0 Å². The molecule has 0 fully saturated rings. The van der Waals surface area contributed by atoms with Crippen LogP contribution >= 0.6 is 0 Å². The zero-order valence-corrected chi connectivity index (χ0v) is 25.0. The number of aromatic nitrogens is 1. The van der Waals surface area contributed by atoms with Gasteiger partial charge >= 0.3 is 0 Å².